The fraction of sp³-hybridized carbons (Fsp3) is 0.143. The summed E-state index contributed by atoms with van der Waals surface area (Å²) in [4.78, 5) is 23.8. The summed E-state index contributed by atoms with van der Waals surface area (Å²) in [5, 5.41) is 19.8. The molecule has 7 nitrogen and oxygen atoms in total. The quantitative estimate of drug-likeness (QED) is 0.419. The van der Waals surface area contributed by atoms with Crippen molar-refractivity contribution in [3.8, 4) is 5.88 Å². The predicted molar refractivity (Wildman–Crippen MR) is 147 cm³/mol. The van der Waals surface area contributed by atoms with E-state index >= 15 is 0 Å². The van der Waals surface area contributed by atoms with E-state index in [0.717, 1.165) is 22.5 Å². The number of hydrazone groups is 1. The zero-order valence-corrected chi connectivity index (χ0v) is 21.7. The third kappa shape index (κ3) is 4.18. The second-order valence-corrected chi connectivity index (χ2v) is 10.5. The highest BCUT2D eigenvalue weighted by Crippen LogP contribution is 2.43. The normalized spacial score (nSPS) is 16.6. The van der Waals surface area contributed by atoms with Gasteiger partial charge in [-0.05, 0) is 41.5 Å². The highest BCUT2D eigenvalue weighted by Gasteiger charge is 2.34. The summed E-state index contributed by atoms with van der Waals surface area (Å²) in [7, 11) is 4.01. The van der Waals surface area contributed by atoms with Gasteiger partial charge in [0.1, 0.15) is 4.88 Å². The van der Waals surface area contributed by atoms with Crippen LogP contribution in [0.4, 0.5) is 10.8 Å². The van der Waals surface area contributed by atoms with Gasteiger partial charge < -0.3 is 10.0 Å². The van der Waals surface area contributed by atoms with E-state index in [1.807, 2.05) is 49.4 Å². The molecule has 37 heavy (non-hydrogen) atoms. The monoisotopic (exact) mass is 527 g/mol. The van der Waals surface area contributed by atoms with Crippen molar-refractivity contribution < 1.29 is 9.90 Å². The van der Waals surface area contributed by atoms with Gasteiger partial charge in [0, 0.05) is 36.4 Å². The van der Waals surface area contributed by atoms with Gasteiger partial charge >= 0.3 is 0 Å². The number of anilines is 2. The Bertz CT molecular complexity index is 1680. The minimum Gasteiger partial charge on any atom is -0.492 e. The van der Waals surface area contributed by atoms with Gasteiger partial charge in [0.2, 0.25) is 11.0 Å². The Labute approximate surface area is 222 Å². The van der Waals surface area contributed by atoms with Crippen LogP contribution in [0.15, 0.2) is 82.9 Å². The summed E-state index contributed by atoms with van der Waals surface area (Å²) in [5.74, 6) is -0.648. The van der Waals surface area contributed by atoms with E-state index in [1.165, 1.54) is 11.3 Å². The molecular weight excluding hydrogens is 506 g/mol. The van der Waals surface area contributed by atoms with Gasteiger partial charge in [-0.1, -0.05) is 65.4 Å². The standard InChI is InChI=1S/C28H22ClN5O2S/c1-33(2)19-11-8-17(9-12-19)23-15-22(16-6-4-3-5-7-16)32-34(23)28-31-27(36)25(37-28)24-20-14-18(29)10-13-21(20)30-26(24)35/h3-14,23,36H,15H2,1-2H3. The van der Waals surface area contributed by atoms with Crippen LogP contribution in [0.25, 0.3) is 5.57 Å². The number of nitrogens with zero attached hydrogens (tertiary/aromatic N) is 5. The molecular formula is C28H22ClN5O2S. The molecule has 0 saturated carbocycles. The third-order valence-electron chi connectivity index (χ3n) is 6.50. The van der Waals surface area contributed by atoms with E-state index in [2.05, 4.69) is 39.1 Å². The van der Waals surface area contributed by atoms with Crippen molar-refractivity contribution >= 4 is 50.9 Å². The first-order valence-corrected chi connectivity index (χ1v) is 12.9. The Morgan fingerprint density at radius 2 is 1.81 bits per heavy atom. The number of hydrogen-bond acceptors (Lipinski definition) is 7. The van der Waals surface area contributed by atoms with Gasteiger partial charge in [-0.15, -0.1) is 0 Å². The van der Waals surface area contributed by atoms with E-state index < -0.39 is 5.91 Å². The van der Waals surface area contributed by atoms with Crippen LogP contribution in [0.2, 0.25) is 5.02 Å². The second kappa shape index (κ2) is 9.14. The Morgan fingerprint density at radius 1 is 1.05 bits per heavy atom. The lowest BCUT2D eigenvalue weighted by Crippen LogP contribution is -2.22. The highest BCUT2D eigenvalue weighted by atomic mass is 35.5. The van der Waals surface area contributed by atoms with Crippen LogP contribution in [-0.2, 0) is 4.79 Å². The molecule has 1 aromatic heterocycles. The zero-order valence-electron chi connectivity index (χ0n) is 20.1. The summed E-state index contributed by atoms with van der Waals surface area (Å²) >= 11 is 7.41. The van der Waals surface area contributed by atoms with Gasteiger partial charge in [0.25, 0.3) is 5.91 Å². The summed E-state index contributed by atoms with van der Waals surface area (Å²) in [6.45, 7) is 0. The predicted octanol–water partition coefficient (Wildman–Crippen LogP) is 4.28. The van der Waals surface area contributed by atoms with E-state index in [1.54, 1.807) is 18.2 Å². The molecule has 0 spiro atoms. The molecule has 0 bridgehead atoms. The van der Waals surface area contributed by atoms with Gasteiger partial charge in [0.15, 0.2) is 0 Å². The second-order valence-electron chi connectivity index (χ2n) is 9.07. The Kier molecular flexibility index (Phi) is 5.78. The van der Waals surface area contributed by atoms with E-state index in [4.69, 9.17) is 16.7 Å². The number of carbonyl (C=O) groups excluding carboxylic acids is 1. The summed E-state index contributed by atoms with van der Waals surface area (Å²) in [6.07, 6.45) is 0.671. The molecule has 3 heterocycles. The molecule has 1 amide bonds. The average molecular weight is 528 g/mol. The molecule has 1 atom stereocenters. The number of carbonyl (C=O) groups is 1. The van der Waals surface area contributed by atoms with Crippen molar-refractivity contribution in [1.29, 1.82) is 0 Å². The van der Waals surface area contributed by atoms with Crippen LogP contribution in [0, 0.1) is 0 Å². The van der Waals surface area contributed by atoms with Crippen molar-refractivity contribution in [2.75, 3.05) is 24.0 Å². The van der Waals surface area contributed by atoms with Gasteiger partial charge in [0.05, 0.1) is 22.7 Å². The molecule has 2 aliphatic rings. The molecule has 1 unspecified atom stereocenters. The number of thiazole rings is 1. The lowest BCUT2D eigenvalue weighted by molar-refractivity contribution is -0.112. The summed E-state index contributed by atoms with van der Waals surface area (Å²) in [5.41, 5.74) is 4.44. The molecule has 0 radical (unpaired) electrons. The maximum Gasteiger partial charge on any atom is 0.279 e. The molecule has 184 valence electrons. The lowest BCUT2D eigenvalue weighted by atomic mass is 9.98. The Morgan fingerprint density at radius 3 is 2.54 bits per heavy atom. The number of amides is 1. The van der Waals surface area contributed by atoms with Crippen LogP contribution >= 0.6 is 22.9 Å². The molecule has 4 aromatic rings. The number of rotatable bonds is 5. The average Bonchev–Trinajstić information content (AvgIpc) is 3.59. The minimum atomic E-state index is -0.423. The first-order valence-electron chi connectivity index (χ1n) is 11.7. The Balaban J connectivity index is 1.45. The molecule has 0 aliphatic carbocycles. The molecule has 6 rings (SSSR count). The van der Waals surface area contributed by atoms with E-state index in [9.17, 15) is 9.90 Å². The molecule has 1 N–H and O–H groups in total. The fourth-order valence-corrected chi connectivity index (χ4v) is 5.80. The largest absolute Gasteiger partial charge is 0.492 e. The van der Waals surface area contributed by atoms with Crippen molar-refractivity contribution in [2.45, 2.75) is 12.5 Å². The highest BCUT2D eigenvalue weighted by molar-refractivity contribution is 7.17. The number of aromatic hydroxyl groups is 1. The minimum absolute atomic E-state index is 0.125. The number of aromatic nitrogens is 1. The zero-order chi connectivity index (χ0) is 25.7. The summed E-state index contributed by atoms with van der Waals surface area (Å²) < 4.78 is 0. The molecule has 3 aromatic carbocycles. The van der Waals surface area contributed by atoms with Crippen molar-refractivity contribution in [3.05, 3.63) is 104 Å². The van der Waals surface area contributed by atoms with Crippen molar-refractivity contribution in [1.82, 2.24) is 4.98 Å². The Hall–Kier alpha value is -4.01. The lowest BCUT2D eigenvalue weighted by Gasteiger charge is -2.22. The van der Waals surface area contributed by atoms with Crippen LogP contribution in [-0.4, -0.2) is 35.8 Å². The molecule has 0 saturated heterocycles. The van der Waals surface area contributed by atoms with Crippen LogP contribution in [0.3, 0.4) is 0 Å². The summed E-state index contributed by atoms with van der Waals surface area (Å²) in [6, 6.07) is 23.3. The van der Waals surface area contributed by atoms with E-state index in [-0.39, 0.29) is 11.9 Å². The van der Waals surface area contributed by atoms with Gasteiger partial charge in [-0.2, -0.15) is 10.1 Å². The van der Waals surface area contributed by atoms with Crippen LogP contribution in [0.1, 0.15) is 28.5 Å². The molecule has 0 fully saturated rings. The van der Waals surface area contributed by atoms with Gasteiger partial charge in [-0.25, -0.2) is 10.0 Å². The van der Waals surface area contributed by atoms with Crippen LogP contribution < -0.4 is 20.5 Å². The third-order valence-corrected chi connectivity index (χ3v) is 7.78. The smallest absolute Gasteiger partial charge is 0.279 e. The number of benzene rings is 3. The first-order chi connectivity index (χ1) is 17.9. The molecule has 9 heteroatoms. The fourth-order valence-electron chi connectivity index (χ4n) is 4.61. The van der Waals surface area contributed by atoms with Crippen molar-refractivity contribution in [2.24, 2.45) is 10.1 Å². The molecule has 2 aliphatic heterocycles. The number of hydrogen-bond donors (Lipinski definition) is 1. The first kappa shape index (κ1) is 23.4. The number of fused-ring (bicyclic) bond motifs is 1. The van der Waals surface area contributed by atoms with Gasteiger partial charge in [-0.3, -0.25) is 4.79 Å². The van der Waals surface area contributed by atoms with Crippen LogP contribution in [0.5, 0.6) is 5.88 Å². The topological polar surface area (TPSA) is 81.4 Å². The maximum absolute atomic E-state index is 12.8. The SMILES string of the molecule is CN(C)c1ccc(C2CC(c3ccccc3)=NN2c2nc(O)c(C3=c4cc(Cl)ccc4=NC3=O)s2)cc1. The van der Waals surface area contributed by atoms with E-state index in [0.29, 0.717) is 37.6 Å². The maximum atomic E-state index is 12.8. The number of halogens is 1. The van der Waals surface area contributed by atoms with Crippen molar-refractivity contribution in [3.63, 3.8) is 0 Å².